The van der Waals surface area contributed by atoms with Gasteiger partial charge in [0.25, 0.3) is 11.7 Å². The molecule has 0 aromatic heterocycles. The monoisotopic (exact) mass is 504 g/mol. The van der Waals surface area contributed by atoms with Crippen LogP contribution in [0.25, 0.3) is 5.76 Å². The summed E-state index contributed by atoms with van der Waals surface area (Å²) in [7, 11) is 1.57. The number of benzene rings is 4. The van der Waals surface area contributed by atoms with E-state index in [-0.39, 0.29) is 11.3 Å². The highest BCUT2D eigenvalue weighted by Gasteiger charge is 2.47. The van der Waals surface area contributed by atoms with E-state index in [2.05, 4.69) is 5.32 Å². The molecule has 1 unspecified atom stereocenters. The lowest BCUT2D eigenvalue weighted by Crippen LogP contribution is -2.29. The molecule has 0 bridgehead atoms. The van der Waals surface area contributed by atoms with Gasteiger partial charge in [0.2, 0.25) is 0 Å². The molecule has 4 aromatic carbocycles. The van der Waals surface area contributed by atoms with Crippen molar-refractivity contribution in [1.82, 2.24) is 0 Å². The number of anilines is 3. The number of aliphatic hydroxyl groups is 1. The Hall–Kier alpha value is -4.84. The standard InChI is InChI=1S/C32H28N2O4/c1-20-8-7-9-22(18-20)29-28(30(35)27-17-16-26(38-3)19-21(27)2)31(36)32(37)34(29)25-14-12-24(13-15-25)33-23-10-5-4-6-11-23/h4-19,29,33,35H,1-3H3/b30-28-. The number of hydrogen-bond donors (Lipinski definition) is 2. The predicted molar refractivity (Wildman–Crippen MR) is 150 cm³/mol. The second kappa shape index (κ2) is 10.3. The van der Waals surface area contributed by atoms with Crippen LogP contribution in [0, 0.1) is 13.8 Å². The van der Waals surface area contributed by atoms with E-state index < -0.39 is 17.7 Å². The summed E-state index contributed by atoms with van der Waals surface area (Å²) in [6.45, 7) is 3.78. The summed E-state index contributed by atoms with van der Waals surface area (Å²) in [6, 6.07) is 29.2. The maximum Gasteiger partial charge on any atom is 0.300 e. The summed E-state index contributed by atoms with van der Waals surface area (Å²) in [5.74, 6) is -0.984. The minimum Gasteiger partial charge on any atom is -0.507 e. The van der Waals surface area contributed by atoms with Gasteiger partial charge in [0, 0.05) is 22.6 Å². The van der Waals surface area contributed by atoms with Crippen LogP contribution in [0.3, 0.4) is 0 Å². The highest BCUT2D eigenvalue weighted by Crippen LogP contribution is 2.43. The molecule has 0 spiro atoms. The summed E-state index contributed by atoms with van der Waals surface area (Å²) < 4.78 is 5.29. The molecule has 1 fully saturated rings. The van der Waals surface area contributed by atoms with E-state index in [4.69, 9.17) is 4.74 Å². The van der Waals surface area contributed by atoms with Crippen molar-refractivity contribution in [3.8, 4) is 5.75 Å². The number of aryl methyl sites for hydroxylation is 2. The Labute approximate surface area is 221 Å². The summed E-state index contributed by atoms with van der Waals surface area (Å²) >= 11 is 0. The van der Waals surface area contributed by atoms with Gasteiger partial charge in [0.05, 0.1) is 18.7 Å². The molecule has 0 radical (unpaired) electrons. The second-order valence-electron chi connectivity index (χ2n) is 9.30. The topological polar surface area (TPSA) is 78.9 Å². The average molecular weight is 505 g/mol. The lowest BCUT2D eigenvalue weighted by Gasteiger charge is -2.26. The van der Waals surface area contributed by atoms with Crippen molar-refractivity contribution in [2.45, 2.75) is 19.9 Å². The number of nitrogens with one attached hydrogen (secondary N) is 1. The summed E-state index contributed by atoms with van der Waals surface area (Å²) in [4.78, 5) is 28.4. The van der Waals surface area contributed by atoms with Gasteiger partial charge in [-0.2, -0.15) is 0 Å². The average Bonchev–Trinajstić information content (AvgIpc) is 3.19. The van der Waals surface area contributed by atoms with Gasteiger partial charge in [-0.15, -0.1) is 0 Å². The quantitative estimate of drug-likeness (QED) is 0.174. The molecule has 1 aliphatic heterocycles. The molecule has 6 heteroatoms. The first-order chi connectivity index (χ1) is 18.4. The number of ketones is 1. The predicted octanol–water partition coefficient (Wildman–Crippen LogP) is 6.68. The first-order valence-corrected chi connectivity index (χ1v) is 12.3. The van der Waals surface area contributed by atoms with Gasteiger partial charge in [0.15, 0.2) is 0 Å². The highest BCUT2D eigenvalue weighted by molar-refractivity contribution is 6.51. The number of methoxy groups -OCH3 is 1. The van der Waals surface area contributed by atoms with Crippen LogP contribution < -0.4 is 15.0 Å². The molecule has 4 aromatic rings. The van der Waals surface area contributed by atoms with Crippen molar-refractivity contribution < 1.29 is 19.4 Å². The number of carbonyl (C=O) groups excluding carboxylic acids is 2. The molecule has 1 saturated heterocycles. The molecule has 38 heavy (non-hydrogen) atoms. The zero-order chi connectivity index (χ0) is 26.8. The van der Waals surface area contributed by atoms with Crippen LogP contribution in [0.2, 0.25) is 0 Å². The van der Waals surface area contributed by atoms with Crippen LogP contribution in [-0.4, -0.2) is 23.9 Å². The van der Waals surface area contributed by atoms with Crippen LogP contribution in [0.1, 0.15) is 28.3 Å². The van der Waals surface area contributed by atoms with Crippen LogP contribution in [-0.2, 0) is 9.59 Å². The van der Waals surface area contributed by atoms with Crippen LogP contribution >= 0.6 is 0 Å². The molecular formula is C32H28N2O4. The number of amides is 1. The number of aliphatic hydroxyl groups excluding tert-OH is 1. The Morgan fingerprint density at radius 3 is 2.21 bits per heavy atom. The second-order valence-corrected chi connectivity index (χ2v) is 9.30. The van der Waals surface area contributed by atoms with E-state index in [0.29, 0.717) is 17.0 Å². The Bertz CT molecular complexity index is 1540. The molecule has 5 rings (SSSR count). The van der Waals surface area contributed by atoms with Gasteiger partial charge in [-0.05, 0) is 79.6 Å². The number of Topliss-reactive ketones (excluding diaryl/α,β-unsaturated/α-hetero) is 1. The van der Waals surface area contributed by atoms with E-state index in [9.17, 15) is 14.7 Å². The van der Waals surface area contributed by atoms with Gasteiger partial charge >= 0.3 is 0 Å². The number of carbonyl (C=O) groups is 2. The van der Waals surface area contributed by atoms with Crippen molar-refractivity contribution in [3.05, 3.63) is 125 Å². The Morgan fingerprint density at radius 1 is 0.842 bits per heavy atom. The lowest BCUT2D eigenvalue weighted by molar-refractivity contribution is -0.132. The molecule has 0 saturated carbocycles. The number of hydrogen-bond acceptors (Lipinski definition) is 5. The Morgan fingerprint density at radius 2 is 1.55 bits per heavy atom. The minimum atomic E-state index is -0.788. The molecule has 1 heterocycles. The molecule has 2 N–H and O–H groups in total. The fourth-order valence-electron chi connectivity index (χ4n) is 4.82. The molecule has 1 atom stereocenters. The van der Waals surface area contributed by atoms with Crippen molar-refractivity contribution in [2.75, 3.05) is 17.3 Å². The largest absolute Gasteiger partial charge is 0.507 e. The van der Waals surface area contributed by atoms with E-state index in [0.717, 1.165) is 28.1 Å². The summed E-state index contributed by atoms with van der Waals surface area (Å²) in [6.07, 6.45) is 0. The van der Waals surface area contributed by atoms with Gasteiger partial charge in [-0.3, -0.25) is 14.5 Å². The lowest BCUT2D eigenvalue weighted by atomic mass is 9.93. The maximum absolute atomic E-state index is 13.5. The molecule has 6 nitrogen and oxygen atoms in total. The third-order valence-corrected chi connectivity index (χ3v) is 6.70. The number of nitrogens with zero attached hydrogens (tertiary/aromatic N) is 1. The van der Waals surface area contributed by atoms with Gasteiger partial charge in [-0.25, -0.2) is 0 Å². The molecular weight excluding hydrogens is 476 g/mol. The first-order valence-electron chi connectivity index (χ1n) is 12.3. The Balaban J connectivity index is 1.61. The van der Waals surface area contributed by atoms with Gasteiger partial charge < -0.3 is 15.2 Å². The van der Waals surface area contributed by atoms with Gasteiger partial charge in [-0.1, -0.05) is 48.0 Å². The normalized spacial score (nSPS) is 16.5. The van der Waals surface area contributed by atoms with E-state index >= 15 is 0 Å². The van der Waals surface area contributed by atoms with Crippen molar-refractivity contribution in [2.24, 2.45) is 0 Å². The molecule has 190 valence electrons. The maximum atomic E-state index is 13.5. The first kappa shape index (κ1) is 24.8. The number of para-hydroxylation sites is 1. The van der Waals surface area contributed by atoms with Crippen molar-refractivity contribution in [3.63, 3.8) is 0 Å². The number of rotatable bonds is 6. The van der Waals surface area contributed by atoms with Crippen molar-refractivity contribution >= 4 is 34.5 Å². The smallest absolute Gasteiger partial charge is 0.300 e. The van der Waals surface area contributed by atoms with E-state index in [1.807, 2.05) is 80.6 Å². The SMILES string of the molecule is COc1ccc(/C(O)=C2/C(=O)C(=O)N(c3ccc(Nc4ccccc4)cc3)C2c2cccc(C)c2)c(C)c1. The summed E-state index contributed by atoms with van der Waals surface area (Å²) in [5.41, 5.74) is 5.33. The van der Waals surface area contributed by atoms with Crippen LogP contribution in [0.4, 0.5) is 17.1 Å². The molecule has 0 aliphatic carbocycles. The highest BCUT2D eigenvalue weighted by atomic mass is 16.5. The third-order valence-electron chi connectivity index (χ3n) is 6.70. The van der Waals surface area contributed by atoms with E-state index in [1.165, 1.54) is 4.90 Å². The number of ether oxygens (including phenoxy) is 1. The fraction of sp³-hybridized carbons (Fsp3) is 0.125. The zero-order valence-corrected chi connectivity index (χ0v) is 21.4. The zero-order valence-electron chi connectivity index (χ0n) is 21.4. The van der Waals surface area contributed by atoms with Gasteiger partial charge in [0.1, 0.15) is 11.5 Å². The fourth-order valence-corrected chi connectivity index (χ4v) is 4.82. The minimum absolute atomic E-state index is 0.0559. The third kappa shape index (κ3) is 4.64. The molecule has 1 amide bonds. The molecule has 1 aliphatic rings. The van der Waals surface area contributed by atoms with Crippen LogP contribution in [0.5, 0.6) is 5.75 Å². The van der Waals surface area contributed by atoms with Crippen molar-refractivity contribution in [1.29, 1.82) is 0 Å². The summed E-state index contributed by atoms with van der Waals surface area (Å²) in [5, 5.41) is 14.8. The van der Waals surface area contributed by atoms with E-state index in [1.54, 1.807) is 37.4 Å². The van der Waals surface area contributed by atoms with Crippen LogP contribution in [0.15, 0.2) is 103 Å². The Kier molecular flexibility index (Phi) is 6.71.